The Balaban J connectivity index is 2.70. The van der Waals surface area contributed by atoms with Gasteiger partial charge in [-0.15, -0.1) is 0 Å². The highest BCUT2D eigenvalue weighted by Gasteiger charge is 2.42. The quantitative estimate of drug-likeness (QED) is 0.121. The molecule has 0 bridgehead atoms. The summed E-state index contributed by atoms with van der Waals surface area (Å²) in [5.74, 6) is -0.632. The molecule has 1 saturated heterocycles. The second kappa shape index (κ2) is 6.26. The second-order valence-corrected chi connectivity index (χ2v) is 3.51. The summed E-state index contributed by atoms with van der Waals surface area (Å²) in [6.07, 6.45) is -3.97. The van der Waals surface area contributed by atoms with Crippen molar-refractivity contribution >= 4 is 18.0 Å². The summed E-state index contributed by atoms with van der Waals surface area (Å²) in [6.45, 7) is -0.478. The normalized spacial score (nSPS) is 33.5. The van der Waals surface area contributed by atoms with Gasteiger partial charge in [-0.05, 0) is 5.16 Å². The Labute approximate surface area is 102 Å². The number of nitrogens with zero attached hydrogens (tertiary/aromatic N) is 2. The summed E-state index contributed by atoms with van der Waals surface area (Å²) in [5.41, 5.74) is 5.22. The highest BCUT2D eigenvalue weighted by Crippen LogP contribution is 2.19. The number of aliphatic hydroxyl groups excluding tert-OH is 3. The van der Waals surface area contributed by atoms with Crippen LogP contribution in [0.3, 0.4) is 0 Å². The average molecular weight is 261 g/mol. The predicted octanol–water partition coefficient (Wildman–Crippen LogP) is -3.23. The summed E-state index contributed by atoms with van der Waals surface area (Å²) < 4.78 is 5.06. The first kappa shape index (κ1) is 14.3. The third kappa shape index (κ3) is 3.13. The van der Waals surface area contributed by atoms with Gasteiger partial charge in [0.05, 0.1) is 12.8 Å². The van der Waals surface area contributed by atoms with Gasteiger partial charge in [-0.3, -0.25) is 0 Å². The molecular formula is C8H15N5O5. The fraction of sp³-hybridized carbons (Fsp3) is 0.625. The van der Waals surface area contributed by atoms with Gasteiger partial charge in [-0.2, -0.15) is 4.99 Å². The minimum Gasteiger partial charge on any atom is -0.408 e. The van der Waals surface area contributed by atoms with Gasteiger partial charge in [0.15, 0.2) is 6.23 Å². The van der Waals surface area contributed by atoms with Crippen LogP contribution < -0.4 is 11.1 Å². The summed E-state index contributed by atoms with van der Waals surface area (Å²) in [5, 5.41) is 48.5. The van der Waals surface area contributed by atoms with Crippen LogP contribution in [0.5, 0.6) is 0 Å². The zero-order chi connectivity index (χ0) is 13.7. The van der Waals surface area contributed by atoms with E-state index in [4.69, 9.17) is 26.2 Å². The molecule has 0 amide bonds. The van der Waals surface area contributed by atoms with Crippen LogP contribution in [0.15, 0.2) is 10.1 Å². The summed E-state index contributed by atoms with van der Waals surface area (Å²) in [7, 11) is 0. The third-order valence-corrected chi connectivity index (χ3v) is 2.29. The topological polar surface area (TPSA) is 177 Å². The van der Waals surface area contributed by atoms with E-state index in [9.17, 15) is 10.2 Å². The zero-order valence-electron chi connectivity index (χ0n) is 9.26. The molecule has 0 spiro atoms. The fourth-order valence-electron chi connectivity index (χ4n) is 1.38. The van der Waals surface area contributed by atoms with Crippen LogP contribution in [-0.2, 0) is 4.74 Å². The Bertz CT molecular complexity index is 360. The highest BCUT2D eigenvalue weighted by atomic mass is 16.6. The van der Waals surface area contributed by atoms with Crippen molar-refractivity contribution in [1.82, 2.24) is 5.32 Å². The standard InChI is InChI=1S/C8H15N5O5/c9-1-4(10)11-8(13-17)12-7-6(16)5(15)3(2-14)18-7/h1,3,5-7,9,14-17H,2H2,(H3,10,11,12,13)/t3-,5-,6-,7-/m1/s1. The first-order chi connectivity index (χ1) is 8.53. The molecule has 10 heteroatoms. The number of hydrogen-bond donors (Lipinski definition) is 7. The van der Waals surface area contributed by atoms with Crippen molar-refractivity contribution in [3.8, 4) is 0 Å². The number of amidine groups is 1. The number of ether oxygens (including phenoxy) is 1. The number of hydrogen-bond acceptors (Lipinski definition) is 7. The van der Waals surface area contributed by atoms with Crippen LogP contribution in [0.1, 0.15) is 0 Å². The molecule has 1 rings (SSSR count). The lowest BCUT2D eigenvalue weighted by Gasteiger charge is -2.16. The summed E-state index contributed by atoms with van der Waals surface area (Å²) >= 11 is 0. The lowest BCUT2D eigenvalue weighted by molar-refractivity contribution is -0.0265. The van der Waals surface area contributed by atoms with E-state index in [2.05, 4.69) is 15.5 Å². The minimum atomic E-state index is -1.34. The van der Waals surface area contributed by atoms with Gasteiger partial charge in [-0.1, -0.05) is 0 Å². The van der Waals surface area contributed by atoms with Crippen LogP contribution in [0.25, 0.3) is 0 Å². The number of nitrogens with two attached hydrogens (primary N) is 1. The van der Waals surface area contributed by atoms with Gasteiger partial charge in [0.25, 0.3) is 5.96 Å². The smallest absolute Gasteiger partial charge is 0.263 e. The molecule has 0 saturated carbocycles. The molecule has 1 aliphatic heterocycles. The fourth-order valence-corrected chi connectivity index (χ4v) is 1.38. The first-order valence-electron chi connectivity index (χ1n) is 4.99. The molecule has 10 nitrogen and oxygen atoms in total. The summed E-state index contributed by atoms with van der Waals surface area (Å²) in [4.78, 5) is 3.49. The molecule has 0 unspecified atom stereocenters. The molecule has 102 valence electrons. The van der Waals surface area contributed by atoms with Crippen molar-refractivity contribution in [1.29, 1.82) is 5.41 Å². The molecule has 0 aliphatic carbocycles. The number of rotatable bonds is 3. The van der Waals surface area contributed by atoms with Crippen LogP contribution in [0.4, 0.5) is 0 Å². The molecule has 1 aliphatic rings. The third-order valence-electron chi connectivity index (χ3n) is 2.29. The van der Waals surface area contributed by atoms with E-state index in [1.807, 2.05) is 0 Å². The minimum absolute atomic E-state index is 0.234. The molecule has 1 fully saturated rings. The maximum atomic E-state index is 9.58. The van der Waals surface area contributed by atoms with Crippen molar-refractivity contribution < 1.29 is 25.3 Å². The van der Waals surface area contributed by atoms with Crippen molar-refractivity contribution in [2.45, 2.75) is 24.5 Å². The van der Waals surface area contributed by atoms with Crippen LogP contribution in [-0.4, -0.2) is 69.7 Å². The zero-order valence-corrected chi connectivity index (χ0v) is 9.26. The van der Waals surface area contributed by atoms with E-state index in [1.165, 1.54) is 0 Å². The highest BCUT2D eigenvalue weighted by molar-refractivity contribution is 6.29. The Morgan fingerprint density at radius 1 is 1.44 bits per heavy atom. The van der Waals surface area contributed by atoms with E-state index >= 15 is 0 Å². The monoisotopic (exact) mass is 261 g/mol. The SMILES string of the molecule is N=C/C(N)=N\C(=N/O)N[C@@H]1O[C@H](CO)[C@@H](O)[C@H]1O. The number of guanidine groups is 1. The molecule has 1 heterocycles. The Morgan fingerprint density at radius 2 is 2.11 bits per heavy atom. The van der Waals surface area contributed by atoms with Crippen molar-refractivity contribution in [2.75, 3.05) is 6.61 Å². The molecule has 4 atom stereocenters. The molecule has 0 radical (unpaired) electrons. The Kier molecular flexibility index (Phi) is 4.97. The number of aliphatic imine (C=N–C) groups is 1. The Morgan fingerprint density at radius 3 is 2.56 bits per heavy atom. The van der Waals surface area contributed by atoms with Gasteiger partial charge >= 0.3 is 0 Å². The van der Waals surface area contributed by atoms with Crippen molar-refractivity contribution in [3.05, 3.63) is 0 Å². The van der Waals surface area contributed by atoms with Crippen LogP contribution in [0, 0.1) is 5.41 Å². The van der Waals surface area contributed by atoms with Crippen LogP contribution in [0.2, 0.25) is 0 Å². The van der Waals surface area contributed by atoms with Gasteiger partial charge in [0, 0.05) is 0 Å². The number of aliphatic hydroxyl groups is 3. The van der Waals surface area contributed by atoms with Crippen LogP contribution >= 0.6 is 0 Å². The molecule has 0 aromatic rings. The Hall–Kier alpha value is -1.75. The van der Waals surface area contributed by atoms with Crippen molar-refractivity contribution in [2.24, 2.45) is 15.9 Å². The average Bonchev–Trinajstić information content (AvgIpc) is 2.65. The maximum Gasteiger partial charge on any atom is 0.263 e. The molecule has 0 aromatic heterocycles. The first-order valence-corrected chi connectivity index (χ1v) is 4.99. The van der Waals surface area contributed by atoms with E-state index in [0.29, 0.717) is 0 Å². The molecule has 0 aromatic carbocycles. The second-order valence-electron chi connectivity index (χ2n) is 3.51. The number of nitrogens with one attached hydrogen (secondary N) is 2. The van der Waals surface area contributed by atoms with E-state index in [1.54, 1.807) is 0 Å². The van der Waals surface area contributed by atoms with E-state index in [-0.39, 0.29) is 5.84 Å². The van der Waals surface area contributed by atoms with E-state index < -0.39 is 37.1 Å². The number of oxime groups is 1. The van der Waals surface area contributed by atoms with Gasteiger partial charge in [0.2, 0.25) is 0 Å². The predicted molar refractivity (Wildman–Crippen MR) is 60.5 cm³/mol. The van der Waals surface area contributed by atoms with Crippen molar-refractivity contribution in [3.63, 3.8) is 0 Å². The lowest BCUT2D eigenvalue weighted by Crippen LogP contribution is -2.43. The van der Waals surface area contributed by atoms with E-state index in [0.717, 1.165) is 6.21 Å². The largest absolute Gasteiger partial charge is 0.408 e. The summed E-state index contributed by atoms with van der Waals surface area (Å²) in [6, 6.07) is 0. The van der Waals surface area contributed by atoms with Gasteiger partial charge in [0.1, 0.15) is 24.1 Å². The maximum absolute atomic E-state index is 9.58. The van der Waals surface area contributed by atoms with Gasteiger partial charge in [-0.25, -0.2) is 0 Å². The van der Waals surface area contributed by atoms with Gasteiger partial charge < -0.3 is 41.7 Å². The lowest BCUT2D eigenvalue weighted by atomic mass is 10.1. The molecular weight excluding hydrogens is 246 g/mol. The molecule has 18 heavy (non-hydrogen) atoms. The molecule has 8 N–H and O–H groups in total.